The van der Waals surface area contributed by atoms with E-state index in [-0.39, 0.29) is 23.8 Å². The number of rotatable bonds is 5. The highest BCUT2D eigenvalue weighted by atomic mass is 16.2. The van der Waals surface area contributed by atoms with Crippen molar-refractivity contribution in [3.8, 4) is 0 Å². The second-order valence-electron chi connectivity index (χ2n) is 4.63. The molecule has 1 rings (SSSR count). The average molecular weight is 252 g/mol. The van der Waals surface area contributed by atoms with Gasteiger partial charge in [-0.25, -0.2) is 4.98 Å². The third-order valence-corrected chi connectivity index (χ3v) is 2.59. The largest absolute Gasteiger partial charge is 0.347 e. The quantitative estimate of drug-likeness (QED) is 0.722. The number of H-pyrrole nitrogens is 1. The zero-order valence-corrected chi connectivity index (χ0v) is 11.2. The first kappa shape index (κ1) is 14.2. The molecule has 0 bridgehead atoms. The van der Waals surface area contributed by atoms with E-state index in [4.69, 9.17) is 0 Å². The van der Waals surface area contributed by atoms with Crippen LogP contribution in [0.25, 0.3) is 0 Å². The molecule has 18 heavy (non-hydrogen) atoms. The number of aromatic nitrogens is 2. The van der Waals surface area contributed by atoms with Crippen molar-refractivity contribution in [1.82, 2.24) is 20.6 Å². The van der Waals surface area contributed by atoms with Gasteiger partial charge >= 0.3 is 0 Å². The van der Waals surface area contributed by atoms with Gasteiger partial charge in [0.25, 0.3) is 0 Å². The summed E-state index contributed by atoms with van der Waals surface area (Å²) in [5.74, 6) is 0.468. The Morgan fingerprint density at radius 1 is 1.28 bits per heavy atom. The van der Waals surface area contributed by atoms with Crippen LogP contribution in [0.4, 0.5) is 0 Å². The number of hydrogen-bond acceptors (Lipinski definition) is 3. The van der Waals surface area contributed by atoms with E-state index < -0.39 is 6.04 Å². The summed E-state index contributed by atoms with van der Waals surface area (Å²) in [7, 11) is 0. The third-order valence-electron chi connectivity index (χ3n) is 2.59. The molecule has 0 spiro atoms. The van der Waals surface area contributed by atoms with Crippen LogP contribution in [0.5, 0.6) is 0 Å². The van der Waals surface area contributed by atoms with Gasteiger partial charge in [0.05, 0.1) is 6.04 Å². The number of nitrogens with one attached hydrogen (secondary N) is 3. The molecule has 6 nitrogen and oxygen atoms in total. The fourth-order valence-corrected chi connectivity index (χ4v) is 1.65. The Kier molecular flexibility index (Phi) is 4.88. The lowest BCUT2D eigenvalue weighted by atomic mass is 10.0. The molecule has 0 aromatic carbocycles. The van der Waals surface area contributed by atoms with Crippen molar-refractivity contribution < 1.29 is 9.59 Å². The van der Waals surface area contributed by atoms with Crippen LogP contribution >= 0.6 is 0 Å². The van der Waals surface area contributed by atoms with Crippen molar-refractivity contribution in [3.63, 3.8) is 0 Å². The van der Waals surface area contributed by atoms with Crippen molar-refractivity contribution in [3.05, 3.63) is 18.2 Å². The molecule has 0 unspecified atom stereocenters. The molecule has 0 saturated carbocycles. The van der Waals surface area contributed by atoms with Crippen molar-refractivity contribution in [2.75, 3.05) is 0 Å². The van der Waals surface area contributed by atoms with Crippen LogP contribution in [0.1, 0.15) is 39.6 Å². The molecule has 1 aromatic rings. The Bertz CT molecular complexity index is 400. The summed E-state index contributed by atoms with van der Waals surface area (Å²) >= 11 is 0. The number of nitrogens with zero attached hydrogens (tertiary/aromatic N) is 1. The van der Waals surface area contributed by atoms with E-state index in [1.807, 2.05) is 13.8 Å². The lowest BCUT2D eigenvalue weighted by Crippen LogP contribution is -2.46. The molecule has 0 radical (unpaired) electrons. The SMILES string of the molecule is CC(=O)N[C@H](C)C(=O)N[C@H](c1ncc[nH]1)C(C)C. The number of carbonyl (C=O) groups excluding carboxylic acids is 2. The zero-order valence-electron chi connectivity index (χ0n) is 11.2. The van der Waals surface area contributed by atoms with E-state index in [1.165, 1.54) is 6.92 Å². The maximum absolute atomic E-state index is 11.9. The fourth-order valence-electron chi connectivity index (χ4n) is 1.65. The van der Waals surface area contributed by atoms with Gasteiger partial charge in [0.2, 0.25) is 11.8 Å². The van der Waals surface area contributed by atoms with Crippen LogP contribution in [-0.4, -0.2) is 27.8 Å². The summed E-state index contributed by atoms with van der Waals surface area (Å²) < 4.78 is 0. The molecule has 0 aliphatic heterocycles. The second kappa shape index (κ2) is 6.18. The molecule has 100 valence electrons. The summed E-state index contributed by atoms with van der Waals surface area (Å²) in [4.78, 5) is 30.0. The topological polar surface area (TPSA) is 86.9 Å². The van der Waals surface area contributed by atoms with E-state index in [9.17, 15) is 9.59 Å². The predicted octanol–water partition coefficient (Wildman–Crippen LogP) is 0.748. The molecular formula is C12H20N4O2. The molecular weight excluding hydrogens is 232 g/mol. The van der Waals surface area contributed by atoms with Gasteiger partial charge in [0, 0.05) is 19.3 Å². The van der Waals surface area contributed by atoms with Crippen LogP contribution < -0.4 is 10.6 Å². The molecule has 0 fully saturated rings. The Labute approximate surface area is 107 Å². The Hall–Kier alpha value is -1.85. The molecule has 1 heterocycles. The average Bonchev–Trinajstić information content (AvgIpc) is 2.77. The molecule has 2 amide bonds. The Morgan fingerprint density at radius 3 is 2.39 bits per heavy atom. The first-order valence-corrected chi connectivity index (χ1v) is 5.98. The number of amides is 2. The van der Waals surface area contributed by atoms with E-state index in [0.717, 1.165) is 0 Å². The lowest BCUT2D eigenvalue weighted by Gasteiger charge is -2.22. The van der Waals surface area contributed by atoms with Crippen molar-refractivity contribution in [2.24, 2.45) is 5.92 Å². The highest BCUT2D eigenvalue weighted by Crippen LogP contribution is 2.17. The van der Waals surface area contributed by atoms with Gasteiger partial charge in [0.15, 0.2) is 0 Å². The highest BCUT2D eigenvalue weighted by molar-refractivity contribution is 5.86. The second-order valence-corrected chi connectivity index (χ2v) is 4.63. The summed E-state index contributed by atoms with van der Waals surface area (Å²) in [6.07, 6.45) is 3.36. The van der Waals surface area contributed by atoms with Crippen molar-refractivity contribution >= 4 is 11.8 Å². The summed E-state index contributed by atoms with van der Waals surface area (Å²) in [5.41, 5.74) is 0. The molecule has 2 atom stereocenters. The van der Waals surface area contributed by atoms with E-state index >= 15 is 0 Å². The minimum Gasteiger partial charge on any atom is -0.347 e. The van der Waals surface area contributed by atoms with Crippen LogP contribution in [-0.2, 0) is 9.59 Å². The minimum absolute atomic E-state index is 0.191. The third kappa shape index (κ3) is 3.87. The van der Waals surface area contributed by atoms with E-state index in [0.29, 0.717) is 5.82 Å². The summed E-state index contributed by atoms with van der Waals surface area (Å²) in [5, 5.41) is 5.43. The maximum Gasteiger partial charge on any atom is 0.242 e. The standard InChI is InChI=1S/C12H20N4O2/c1-7(2)10(11-13-5-6-14-11)16-12(18)8(3)15-9(4)17/h5-8,10H,1-4H3,(H,13,14)(H,15,17)(H,16,18)/t8-,10+/m1/s1. The van der Waals surface area contributed by atoms with Crippen LogP contribution in [0, 0.1) is 5.92 Å². The lowest BCUT2D eigenvalue weighted by molar-refractivity contribution is -0.128. The zero-order chi connectivity index (χ0) is 13.7. The fraction of sp³-hybridized carbons (Fsp3) is 0.583. The van der Waals surface area contributed by atoms with Gasteiger partial charge in [-0.3, -0.25) is 9.59 Å². The normalized spacial score (nSPS) is 14.1. The predicted molar refractivity (Wildman–Crippen MR) is 67.6 cm³/mol. The summed E-state index contributed by atoms with van der Waals surface area (Å²) in [6, 6.07) is -0.748. The summed E-state index contributed by atoms with van der Waals surface area (Å²) in [6.45, 7) is 7.03. The number of aromatic amines is 1. The maximum atomic E-state index is 11.9. The van der Waals surface area contributed by atoms with Gasteiger partial charge in [-0.2, -0.15) is 0 Å². The molecule has 3 N–H and O–H groups in total. The minimum atomic E-state index is -0.557. The molecule has 0 aliphatic rings. The molecule has 0 aliphatic carbocycles. The number of carbonyl (C=O) groups is 2. The monoisotopic (exact) mass is 252 g/mol. The van der Waals surface area contributed by atoms with Crippen LogP contribution in [0.3, 0.4) is 0 Å². The molecule has 1 aromatic heterocycles. The smallest absolute Gasteiger partial charge is 0.242 e. The van der Waals surface area contributed by atoms with Gasteiger partial charge in [-0.1, -0.05) is 13.8 Å². The van der Waals surface area contributed by atoms with Gasteiger partial charge < -0.3 is 15.6 Å². The first-order valence-electron chi connectivity index (χ1n) is 5.98. The van der Waals surface area contributed by atoms with E-state index in [2.05, 4.69) is 20.6 Å². The first-order chi connectivity index (χ1) is 8.41. The van der Waals surface area contributed by atoms with Gasteiger partial charge in [0.1, 0.15) is 11.9 Å². The number of hydrogen-bond donors (Lipinski definition) is 3. The Morgan fingerprint density at radius 2 is 1.94 bits per heavy atom. The van der Waals surface area contributed by atoms with E-state index in [1.54, 1.807) is 19.3 Å². The van der Waals surface area contributed by atoms with Crippen LogP contribution in [0.2, 0.25) is 0 Å². The van der Waals surface area contributed by atoms with Gasteiger partial charge in [-0.05, 0) is 12.8 Å². The van der Waals surface area contributed by atoms with Crippen molar-refractivity contribution in [1.29, 1.82) is 0 Å². The Balaban J connectivity index is 2.67. The molecule has 0 saturated heterocycles. The molecule has 6 heteroatoms. The van der Waals surface area contributed by atoms with Crippen LogP contribution in [0.15, 0.2) is 12.4 Å². The van der Waals surface area contributed by atoms with Crippen molar-refractivity contribution in [2.45, 2.75) is 39.8 Å². The van der Waals surface area contributed by atoms with Gasteiger partial charge in [-0.15, -0.1) is 0 Å². The highest BCUT2D eigenvalue weighted by Gasteiger charge is 2.23. The number of imidazole rings is 1.